The van der Waals surface area contributed by atoms with Crippen LogP contribution in [0.4, 0.5) is 0 Å². The first kappa shape index (κ1) is 13.3. The molecular weight excluding hydrogens is 220 g/mol. The first-order chi connectivity index (χ1) is 7.55. The van der Waals surface area contributed by atoms with Gasteiger partial charge in [0.05, 0.1) is 0 Å². The standard InChI is InChI=1S/C12H20N2OS/c1-12(2,16-3)10-13-7-9-14-8-5-4-6-11(14)15/h4-6,8,13H,7,9-10H2,1-3H3. The molecule has 0 saturated heterocycles. The van der Waals surface area contributed by atoms with E-state index in [0.29, 0.717) is 0 Å². The average molecular weight is 240 g/mol. The Bertz CT molecular complexity index is 373. The van der Waals surface area contributed by atoms with E-state index in [4.69, 9.17) is 0 Å². The van der Waals surface area contributed by atoms with Gasteiger partial charge < -0.3 is 9.88 Å². The van der Waals surface area contributed by atoms with Crippen LogP contribution in [0.1, 0.15) is 13.8 Å². The molecule has 16 heavy (non-hydrogen) atoms. The maximum absolute atomic E-state index is 11.4. The lowest BCUT2D eigenvalue weighted by molar-refractivity contribution is 0.544. The first-order valence-electron chi connectivity index (χ1n) is 5.46. The van der Waals surface area contributed by atoms with Crippen molar-refractivity contribution >= 4 is 11.8 Å². The molecule has 0 aromatic carbocycles. The minimum absolute atomic E-state index is 0.0634. The summed E-state index contributed by atoms with van der Waals surface area (Å²) in [5.41, 5.74) is 0.0634. The molecule has 0 saturated carbocycles. The van der Waals surface area contributed by atoms with E-state index in [1.54, 1.807) is 16.7 Å². The van der Waals surface area contributed by atoms with Gasteiger partial charge >= 0.3 is 0 Å². The van der Waals surface area contributed by atoms with E-state index in [-0.39, 0.29) is 10.3 Å². The highest BCUT2D eigenvalue weighted by Crippen LogP contribution is 2.19. The van der Waals surface area contributed by atoms with Crippen molar-refractivity contribution in [2.75, 3.05) is 19.3 Å². The minimum Gasteiger partial charge on any atom is -0.314 e. The molecule has 0 aliphatic heterocycles. The van der Waals surface area contributed by atoms with E-state index in [1.807, 2.05) is 24.0 Å². The molecule has 0 atom stereocenters. The summed E-state index contributed by atoms with van der Waals surface area (Å²) in [4.78, 5) is 11.4. The van der Waals surface area contributed by atoms with Crippen molar-refractivity contribution in [3.63, 3.8) is 0 Å². The zero-order valence-electron chi connectivity index (χ0n) is 10.2. The van der Waals surface area contributed by atoms with Crippen molar-refractivity contribution in [3.8, 4) is 0 Å². The predicted octanol–water partition coefficient (Wildman–Crippen LogP) is 1.58. The Morgan fingerprint density at radius 1 is 1.44 bits per heavy atom. The second-order valence-corrected chi connectivity index (χ2v) is 5.89. The second kappa shape index (κ2) is 6.11. The molecule has 0 radical (unpaired) electrons. The molecule has 0 fully saturated rings. The molecule has 4 heteroatoms. The lowest BCUT2D eigenvalue weighted by Crippen LogP contribution is -2.35. The predicted molar refractivity (Wildman–Crippen MR) is 71.2 cm³/mol. The van der Waals surface area contributed by atoms with Gasteiger partial charge in [0.1, 0.15) is 0 Å². The van der Waals surface area contributed by atoms with Crippen LogP contribution in [-0.4, -0.2) is 28.7 Å². The maximum Gasteiger partial charge on any atom is 0.250 e. The number of thioether (sulfide) groups is 1. The average Bonchev–Trinajstić information content (AvgIpc) is 2.27. The summed E-state index contributed by atoms with van der Waals surface area (Å²) in [6.07, 6.45) is 3.94. The number of pyridine rings is 1. The van der Waals surface area contributed by atoms with Crippen molar-refractivity contribution in [1.82, 2.24) is 9.88 Å². The van der Waals surface area contributed by atoms with Gasteiger partial charge in [-0.05, 0) is 26.2 Å². The van der Waals surface area contributed by atoms with E-state index in [0.717, 1.165) is 19.6 Å². The Hall–Kier alpha value is -0.740. The summed E-state index contributed by atoms with van der Waals surface area (Å²) in [6.45, 7) is 6.92. The Balaban J connectivity index is 2.32. The van der Waals surface area contributed by atoms with Crippen molar-refractivity contribution in [1.29, 1.82) is 0 Å². The van der Waals surface area contributed by atoms with Gasteiger partial charge in [0.15, 0.2) is 0 Å². The van der Waals surface area contributed by atoms with Gasteiger partial charge in [0.2, 0.25) is 0 Å². The molecule has 0 unspecified atom stereocenters. The lowest BCUT2D eigenvalue weighted by atomic mass is 10.2. The van der Waals surface area contributed by atoms with Crippen LogP contribution in [0.25, 0.3) is 0 Å². The largest absolute Gasteiger partial charge is 0.314 e. The van der Waals surface area contributed by atoms with Gasteiger partial charge in [-0.3, -0.25) is 4.79 Å². The van der Waals surface area contributed by atoms with E-state index in [2.05, 4.69) is 25.4 Å². The molecule has 0 bridgehead atoms. The van der Waals surface area contributed by atoms with Crippen LogP contribution in [0.3, 0.4) is 0 Å². The summed E-state index contributed by atoms with van der Waals surface area (Å²) < 4.78 is 1.97. The number of hydrogen-bond donors (Lipinski definition) is 1. The quantitative estimate of drug-likeness (QED) is 0.767. The van der Waals surface area contributed by atoms with Gasteiger partial charge in [-0.2, -0.15) is 11.8 Å². The fourth-order valence-corrected chi connectivity index (χ4v) is 1.55. The number of nitrogens with zero attached hydrogens (tertiary/aromatic N) is 1. The summed E-state index contributed by atoms with van der Waals surface area (Å²) in [5.74, 6) is 0. The highest BCUT2D eigenvalue weighted by atomic mass is 32.2. The molecule has 0 amide bonds. The molecule has 3 nitrogen and oxygen atoms in total. The van der Waals surface area contributed by atoms with E-state index < -0.39 is 0 Å². The van der Waals surface area contributed by atoms with Crippen LogP contribution in [0, 0.1) is 0 Å². The zero-order chi connectivity index (χ0) is 12.0. The highest BCUT2D eigenvalue weighted by molar-refractivity contribution is 7.99. The van der Waals surface area contributed by atoms with Crippen molar-refractivity contribution in [2.24, 2.45) is 0 Å². The zero-order valence-corrected chi connectivity index (χ0v) is 11.0. The molecule has 1 N–H and O–H groups in total. The topological polar surface area (TPSA) is 34.0 Å². The van der Waals surface area contributed by atoms with Crippen LogP contribution in [0.15, 0.2) is 29.2 Å². The molecular formula is C12H20N2OS. The summed E-state index contributed by atoms with van der Waals surface area (Å²) in [6, 6.07) is 5.24. The van der Waals surface area contributed by atoms with E-state index in [9.17, 15) is 4.79 Å². The number of hydrogen-bond acceptors (Lipinski definition) is 3. The Morgan fingerprint density at radius 3 is 2.81 bits per heavy atom. The molecule has 1 heterocycles. The van der Waals surface area contributed by atoms with Gasteiger partial charge in [-0.15, -0.1) is 0 Å². The third-order valence-corrected chi connectivity index (χ3v) is 3.78. The first-order valence-corrected chi connectivity index (χ1v) is 6.69. The molecule has 1 aromatic heterocycles. The van der Waals surface area contributed by atoms with Crippen molar-refractivity contribution < 1.29 is 0 Å². The third-order valence-electron chi connectivity index (χ3n) is 2.53. The molecule has 0 aliphatic rings. The Kier molecular flexibility index (Phi) is 5.09. The van der Waals surface area contributed by atoms with Gasteiger partial charge in [0, 0.05) is 36.6 Å². The van der Waals surface area contributed by atoms with E-state index in [1.165, 1.54) is 0 Å². The Labute approximate surface area is 101 Å². The molecule has 0 aliphatic carbocycles. The minimum atomic E-state index is 0.0634. The fraction of sp³-hybridized carbons (Fsp3) is 0.583. The molecule has 0 spiro atoms. The Morgan fingerprint density at radius 2 is 2.19 bits per heavy atom. The number of nitrogens with one attached hydrogen (secondary N) is 1. The van der Waals surface area contributed by atoms with Crippen molar-refractivity contribution in [2.45, 2.75) is 25.1 Å². The van der Waals surface area contributed by atoms with E-state index >= 15 is 0 Å². The third kappa shape index (κ3) is 4.41. The molecule has 90 valence electrons. The fourth-order valence-electron chi connectivity index (χ4n) is 1.31. The number of aromatic nitrogens is 1. The summed E-state index contributed by atoms with van der Waals surface area (Å²) in [7, 11) is 0. The van der Waals surface area contributed by atoms with Crippen LogP contribution >= 0.6 is 11.8 Å². The van der Waals surface area contributed by atoms with Crippen LogP contribution < -0.4 is 10.9 Å². The lowest BCUT2D eigenvalue weighted by Gasteiger charge is -2.22. The van der Waals surface area contributed by atoms with Gasteiger partial charge in [-0.1, -0.05) is 6.07 Å². The van der Waals surface area contributed by atoms with Gasteiger partial charge in [0.25, 0.3) is 5.56 Å². The highest BCUT2D eigenvalue weighted by Gasteiger charge is 2.14. The molecule has 1 aromatic rings. The summed E-state index contributed by atoms with van der Waals surface area (Å²) in [5, 5.41) is 3.37. The second-order valence-electron chi connectivity index (χ2n) is 4.37. The monoisotopic (exact) mass is 240 g/mol. The summed E-state index contributed by atoms with van der Waals surface area (Å²) >= 11 is 1.85. The number of rotatable bonds is 6. The smallest absolute Gasteiger partial charge is 0.250 e. The maximum atomic E-state index is 11.4. The van der Waals surface area contributed by atoms with Crippen LogP contribution in [0.5, 0.6) is 0 Å². The SMILES string of the molecule is CSC(C)(C)CNCCn1ccccc1=O. The molecule has 1 rings (SSSR count). The van der Waals surface area contributed by atoms with Crippen LogP contribution in [0.2, 0.25) is 0 Å². The van der Waals surface area contributed by atoms with Crippen molar-refractivity contribution in [3.05, 3.63) is 34.7 Å². The van der Waals surface area contributed by atoms with Gasteiger partial charge in [-0.25, -0.2) is 0 Å². The normalized spacial score (nSPS) is 11.7. The van der Waals surface area contributed by atoms with Crippen LogP contribution in [-0.2, 0) is 6.54 Å².